The maximum Gasteiger partial charge on any atom is 0.340 e. The van der Waals surface area contributed by atoms with Gasteiger partial charge in [-0.25, -0.2) is 9.78 Å². The van der Waals surface area contributed by atoms with Crippen molar-refractivity contribution in [3.05, 3.63) is 35.7 Å². The minimum absolute atomic E-state index is 0.123. The second-order valence-corrected chi connectivity index (χ2v) is 7.52. The summed E-state index contributed by atoms with van der Waals surface area (Å²) in [4.78, 5) is 33.4. The lowest BCUT2D eigenvalue weighted by molar-refractivity contribution is -0.133. The molecule has 1 amide bonds. The van der Waals surface area contributed by atoms with Crippen molar-refractivity contribution in [1.82, 2.24) is 9.88 Å². The third kappa shape index (κ3) is 4.52. The van der Waals surface area contributed by atoms with E-state index in [0.29, 0.717) is 18.8 Å². The summed E-state index contributed by atoms with van der Waals surface area (Å²) in [6.45, 7) is 2.72. The first-order chi connectivity index (χ1) is 13.7. The molecule has 0 radical (unpaired) electrons. The van der Waals surface area contributed by atoms with Gasteiger partial charge in [0.2, 0.25) is 0 Å². The topological polar surface area (TPSA) is 72.0 Å². The third-order valence-electron chi connectivity index (χ3n) is 5.40. The summed E-state index contributed by atoms with van der Waals surface area (Å²) in [5.74, 6) is 0.185. The van der Waals surface area contributed by atoms with Crippen molar-refractivity contribution in [1.29, 1.82) is 0 Å². The predicted molar refractivity (Wildman–Crippen MR) is 104 cm³/mol. The largest absolute Gasteiger partial charge is 0.452 e. The maximum atomic E-state index is 12.7. The van der Waals surface area contributed by atoms with E-state index in [9.17, 15) is 9.59 Å². The highest BCUT2D eigenvalue weighted by atomic mass is 16.5. The van der Waals surface area contributed by atoms with E-state index in [2.05, 4.69) is 16.0 Å². The van der Waals surface area contributed by atoms with Crippen LogP contribution < -0.4 is 4.90 Å². The average molecular weight is 385 g/mol. The predicted octanol–water partition coefficient (Wildman–Crippen LogP) is 2.52. The van der Waals surface area contributed by atoms with Crippen LogP contribution in [0.5, 0.6) is 0 Å². The van der Waals surface area contributed by atoms with Gasteiger partial charge in [0.1, 0.15) is 5.82 Å². The summed E-state index contributed by atoms with van der Waals surface area (Å²) < 4.78 is 10.6. The van der Waals surface area contributed by atoms with Gasteiger partial charge >= 0.3 is 5.97 Å². The van der Waals surface area contributed by atoms with E-state index in [1.165, 1.54) is 12.6 Å². The second-order valence-electron chi connectivity index (χ2n) is 7.52. The van der Waals surface area contributed by atoms with Crippen molar-refractivity contribution in [2.24, 2.45) is 0 Å². The summed E-state index contributed by atoms with van der Waals surface area (Å²) in [5.41, 5.74) is 1.46. The average Bonchev–Trinajstić information content (AvgIpc) is 3.59. The van der Waals surface area contributed by atoms with Crippen LogP contribution in [-0.2, 0) is 14.3 Å². The molecular formula is C21H27N3O4. The normalized spacial score (nSPS) is 19.7. The number of amides is 1. The molecule has 4 rings (SSSR count). The van der Waals surface area contributed by atoms with Gasteiger partial charge in [-0.1, -0.05) is 6.08 Å². The van der Waals surface area contributed by atoms with Crippen molar-refractivity contribution in [3.63, 3.8) is 0 Å². The summed E-state index contributed by atoms with van der Waals surface area (Å²) in [6.07, 6.45) is 9.99. The lowest BCUT2D eigenvalue weighted by Crippen LogP contribution is -2.37. The Morgan fingerprint density at radius 3 is 2.68 bits per heavy atom. The summed E-state index contributed by atoms with van der Waals surface area (Å²) >= 11 is 0. The van der Waals surface area contributed by atoms with Crippen molar-refractivity contribution in [2.45, 2.75) is 44.6 Å². The number of esters is 1. The number of carbonyl (C=O) groups excluding carboxylic acids is 2. The van der Waals surface area contributed by atoms with E-state index < -0.39 is 5.97 Å². The number of hydrogen-bond acceptors (Lipinski definition) is 6. The molecule has 7 heteroatoms. The molecule has 2 heterocycles. The first-order valence-corrected chi connectivity index (χ1v) is 10.2. The number of carbonyl (C=O) groups is 2. The molecular weight excluding hydrogens is 358 g/mol. The molecule has 0 spiro atoms. The van der Waals surface area contributed by atoms with Gasteiger partial charge in [-0.3, -0.25) is 4.79 Å². The van der Waals surface area contributed by atoms with Crippen LogP contribution in [0.2, 0.25) is 0 Å². The molecule has 3 aliphatic rings. The van der Waals surface area contributed by atoms with Crippen LogP contribution in [0.25, 0.3) is 0 Å². The van der Waals surface area contributed by atoms with Crippen LogP contribution in [-0.4, -0.2) is 60.7 Å². The van der Waals surface area contributed by atoms with Gasteiger partial charge < -0.3 is 19.3 Å². The van der Waals surface area contributed by atoms with E-state index in [0.717, 1.165) is 56.7 Å². The molecule has 1 aliphatic heterocycles. The standard InChI is InChI=1S/C21H27N3O4/c25-20(24(18-7-8-18)17-4-2-1-3-5-17)15-28-21(26)16-6-9-19(22-14-16)23-10-12-27-13-11-23/h4,6,9,14,18H,1-3,5,7-8,10-13,15H2. The number of pyridine rings is 1. The number of ether oxygens (including phenoxy) is 2. The highest BCUT2D eigenvalue weighted by Crippen LogP contribution is 2.33. The molecule has 0 bridgehead atoms. The Morgan fingerprint density at radius 1 is 1.21 bits per heavy atom. The fourth-order valence-corrected chi connectivity index (χ4v) is 3.74. The highest BCUT2D eigenvalue weighted by molar-refractivity contribution is 5.91. The molecule has 150 valence electrons. The van der Waals surface area contributed by atoms with E-state index in [4.69, 9.17) is 9.47 Å². The molecule has 2 fully saturated rings. The van der Waals surface area contributed by atoms with Crippen LogP contribution >= 0.6 is 0 Å². The number of hydrogen-bond donors (Lipinski definition) is 0. The minimum atomic E-state index is -0.511. The fraction of sp³-hybridized carbons (Fsp3) is 0.571. The van der Waals surface area contributed by atoms with Crippen LogP contribution in [0.3, 0.4) is 0 Å². The summed E-state index contributed by atoms with van der Waals surface area (Å²) in [6, 6.07) is 3.80. The summed E-state index contributed by atoms with van der Waals surface area (Å²) in [5, 5.41) is 0. The monoisotopic (exact) mass is 385 g/mol. The molecule has 1 saturated carbocycles. The molecule has 0 atom stereocenters. The fourth-order valence-electron chi connectivity index (χ4n) is 3.74. The Balaban J connectivity index is 1.33. The van der Waals surface area contributed by atoms with Crippen LogP contribution in [0.1, 0.15) is 48.9 Å². The smallest absolute Gasteiger partial charge is 0.340 e. The zero-order chi connectivity index (χ0) is 19.3. The first-order valence-electron chi connectivity index (χ1n) is 10.2. The Hall–Kier alpha value is -2.41. The molecule has 0 unspecified atom stereocenters. The van der Waals surface area contributed by atoms with Gasteiger partial charge in [0.15, 0.2) is 6.61 Å². The van der Waals surface area contributed by atoms with Crippen LogP contribution in [0.4, 0.5) is 5.82 Å². The molecule has 7 nitrogen and oxygen atoms in total. The van der Waals surface area contributed by atoms with Crippen LogP contribution in [0.15, 0.2) is 30.1 Å². The van der Waals surface area contributed by atoms with Crippen molar-refractivity contribution in [2.75, 3.05) is 37.8 Å². The zero-order valence-electron chi connectivity index (χ0n) is 16.1. The van der Waals surface area contributed by atoms with E-state index in [1.54, 1.807) is 6.07 Å². The van der Waals surface area contributed by atoms with E-state index >= 15 is 0 Å². The number of allylic oxidation sites excluding steroid dienone is 2. The van der Waals surface area contributed by atoms with Gasteiger partial charge in [0.05, 0.1) is 18.8 Å². The molecule has 0 aromatic carbocycles. The number of rotatable bonds is 6. The number of aromatic nitrogens is 1. The number of nitrogens with zero attached hydrogens (tertiary/aromatic N) is 3. The van der Waals surface area contributed by atoms with Crippen molar-refractivity contribution < 1.29 is 19.1 Å². The molecule has 28 heavy (non-hydrogen) atoms. The van der Waals surface area contributed by atoms with Gasteiger partial charge in [-0.2, -0.15) is 0 Å². The Bertz CT molecular complexity index is 737. The summed E-state index contributed by atoms with van der Waals surface area (Å²) in [7, 11) is 0. The molecule has 1 aromatic heterocycles. The van der Waals surface area contributed by atoms with Gasteiger partial charge in [0.25, 0.3) is 5.91 Å². The van der Waals surface area contributed by atoms with Gasteiger partial charge in [-0.15, -0.1) is 0 Å². The van der Waals surface area contributed by atoms with Gasteiger partial charge in [-0.05, 0) is 50.7 Å². The second kappa shape index (κ2) is 8.73. The first kappa shape index (κ1) is 18.9. The van der Waals surface area contributed by atoms with Gasteiger partial charge in [0, 0.05) is 31.0 Å². The Labute approximate surface area is 165 Å². The molecule has 1 aromatic rings. The van der Waals surface area contributed by atoms with Crippen molar-refractivity contribution in [3.8, 4) is 0 Å². The zero-order valence-corrected chi connectivity index (χ0v) is 16.1. The Kier molecular flexibility index (Phi) is 5.90. The number of anilines is 1. The molecule has 1 saturated heterocycles. The van der Waals surface area contributed by atoms with Crippen LogP contribution in [0, 0.1) is 0 Å². The quantitative estimate of drug-likeness (QED) is 0.701. The van der Waals surface area contributed by atoms with E-state index in [-0.39, 0.29) is 18.6 Å². The lowest BCUT2D eigenvalue weighted by atomic mass is 10.0. The maximum absolute atomic E-state index is 12.7. The third-order valence-corrected chi connectivity index (χ3v) is 5.40. The SMILES string of the molecule is O=C(OCC(=O)N(C1=CCCCC1)C1CC1)c1ccc(N2CCOCC2)nc1. The molecule has 2 aliphatic carbocycles. The number of morpholine rings is 1. The van der Waals surface area contributed by atoms with Crippen molar-refractivity contribution >= 4 is 17.7 Å². The minimum Gasteiger partial charge on any atom is -0.452 e. The highest BCUT2D eigenvalue weighted by Gasteiger charge is 2.35. The molecule has 0 N–H and O–H groups in total. The van der Waals surface area contributed by atoms with E-state index in [1.807, 2.05) is 11.0 Å². The lowest BCUT2D eigenvalue weighted by Gasteiger charge is -2.28. The Morgan fingerprint density at radius 2 is 2.04 bits per heavy atom.